The SMILES string of the molecule is CC(C)(C)c1ccc(/C=C2\SC(=O)NC23Oc2ccc(Br)cc2C2CC(c4ccccc4)=NN23)cc1. The van der Waals surface area contributed by atoms with Crippen LogP contribution in [0.5, 0.6) is 5.75 Å². The highest BCUT2D eigenvalue weighted by molar-refractivity contribution is 9.10. The maximum Gasteiger partial charge on any atom is 0.314 e. The summed E-state index contributed by atoms with van der Waals surface area (Å²) < 4.78 is 7.62. The number of hydrazone groups is 1. The largest absolute Gasteiger partial charge is 0.444 e. The van der Waals surface area contributed by atoms with Crippen LogP contribution in [0.4, 0.5) is 4.79 Å². The number of fused-ring (bicyclic) bond motifs is 4. The van der Waals surface area contributed by atoms with E-state index in [-0.39, 0.29) is 16.7 Å². The third kappa shape index (κ3) is 3.95. The normalized spacial score (nSPS) is 23.8. The highest BCUT2D eigenvalue weighted by Crippen LogP contribution is 2.53. The van der Waals surface area contributed by atoms with Gasteiger partial charge in [-0.25, -0.2) is 5.01 Å². The number of benzene rings is 3. The van der Waals surface area contributed by atoms with E-state index in [2.05, 4.69) is 84.5 Å². The molecular formula is C29H26BrN3O2S. The Balaban J connectivity index is 1.47. The fourth-order valence-corrected chi connectivity index (χ4v) is 6.21. The van der Waals surface area contributed by atoms with Gasteiger partial charge in [-0.3, -0.25) is 10.1 Å². The van der Waals surface area contributed by atoms with Gasteiger partial charge in [0, 0.05) is 16.5 Å². The lowest BCUT2D eigenvalue weighted by molar-refractivity contribution is -0.0949. The molecule has 2 unspecified atom stereocenters. The van der Waals surface area contributed by atoms with Gasteiger partial charge in [0.2, 0.25) is 0 Å². The summed E-state index contributed by atoms with van der Waals surface area (Å²) >= 11 is 4.78. The molecule has 6 rings (SSSR count). The number of amides is 1. The van der Waals surface area contributed by atoms with Crippen molar-refractivity contribution in [2.45, 2.75) is 44.5 Å². The predicted octanol–water partition coefficient (Wildman–Crippen LogP) is 7.44. The number of nitrogens with one attached hydrogen (secondary N) is 1. The van der Waals surface area contributed by atoms with Crippen molar-refractivity contribution in [3.8, 4) is 5.75 Å². The van der Waals surface area contributed by atoms with Gasteiger partial charge in [0.15, 0.2) is 0 Å². The Morgan fingerprint density at radius 3 is 2.58 bits per heavy atom. The molecule has 0 aliphatic carbocycles. The summed E-state index contributed by atoms with van der Waals surface area (Å²) in [6.45, 7) is 6.60. The van der Waals surface area contributed by atoms with E-state index in [4.69, 9.17) is 9.84 Å². The van der Waals surface area contributed by atoms with Gasteiger partial charge in [-0.2, -0.15) is 5.10 Å². The van der Waals surface area contributed by atoms with Gasteiger partial charge in [-0.05, 0) is 58.1 Å². The Morgan fingerprint density at radius 1 is 1.11 bits per heavy atom. The van der Waals surface area contributed by atoms with Gasteiger partial charge in [-0.15, -0.1) is 0 Å². The molecule has 0 radical (unpaired) electrons. The van der Waals surface area contributed by atoms with Crippen LogP contribution in [-0.2, 0) is 5.41 Å². The number of halogens is 1. The average Bonchev–Trinajstić information content (AvgIpc) is 3.43. The molecule has 182 valence electrons. The van der Waals surface area contributed by atoms with Crippen molar-refractivity contribution in [3.63, 3.8) is 0 Å². The fourth-order valence-electron chi connectivity index (χ4n) is 4.92. The van der Waals surface area contributed by atoms with Gasteiger partial charge < -0.3 is 4.74 Å². The Hall–Kier alpha value is -3.03. The van der Waals surface area contributed by atoms with Gasteiger partial charge in [-0.1, -0.05) is 91.3 Å². The molecule has 5 nitrogen and oxygen atoms in total. The summed E-state index contributed by atoms with van der Waals surface area (Å²) in [5.74, 6) is -0.451. The van der Waals surface area contributed by atoms with E-state index >= 15 is 0 Å². The zero-order chi connectivity index (χ0) is 25.1. The number of nitrogens with zero attached hydrogens (tertiary/aromatic N) is 2. The molecule has 2 atom stereocenters. The van der Waals surface area contributed by atoms with Crippen LogP contribution in [-0.4, -0.2) is 21.8 Å². The Labute approximate surface area is 223 Å². The molecule has 7 heteroatoms. The maximum atomic E-state index is 12.9. The Bertz CT molecular complexity index is 1410. The molecule has 36 heavy (non-hydrogen) atoms. The zero-order valence-corrected chi connectivity index (χ0v) is 22.7. The van der Waals surface area contributed by atoms with Crippen LogP contribution in [0.15, 0.2) is 87.3 Å². The van der Waals surface area contributed by atoms with E-state index in [1.807, 2.05) is 41.4 Å². The predicted molar refractivity (Wildman–Crippen MR) is 149 cm³/mol. The van der Waals surface area contributed by atoms with E-state index in [1.54, 1.807) is 0 Å². The lowest BCUT2D eigenvalue weighted by atomic mass is 9.86. The van der Waals surface area contributed by atoms with Crippen molar-refractivity contribution in [2.75, 3.05) is 0 Å². The molecule has 1 spiro atoms. The Kier molecular flexibility index (Phi) is 5.54. The minimum absolute atomic E-state index is 0.0717. The summed E-state index contributed by atoms with van der Waals surface area (Å²) in [5.41, 5.74) is 5.43. The number of hydrogen-bond acceptors (Lipinski definition) is 5. The number of carbonyl (C=O) groups is 1. The van der Waals surface area contributed by atoms with Gasteiger partial charge in [0.1, 0.15) is 5.75 Å². The topological polar surface area (TPSA) is 53.9 Å². The molecule has 3 aliphatic rings. The summed E-state index contributed by atoms with van der Waals surface area (Å²) in [6, 6.07) is 24.6. The number of rotatable bonds is 2. The van der Waals surface area contributed by atoms with E-state index in [9.17, 15) is 4.79 Å². The first-order chi connectivity index (χ1) is 17.2. The molecule has 0 aromatic heterocycles. The quantitative estimate of drug-likeness (QED) is 0.354. The van der Waals surface area contributed by atoms with Crippen LogP contribution < -0.4 is 10.1 Å². The van der Waals surface area contributed by atoms with Crippen LogP contribution in [0.25, 0.3) is 6.08 Å². The third-order valence-electron chi connectivity index (χ3n) is 6.81. The number of hydrogen-bond donors (Lipinski definition) is 1. The van der Waals surface area contributed by atoms with Crippen molar-refractivity contribution < 1.29 is 9.53 Å². The van der Waals surface area contributed by atoms with Crippen molar-refractivity contribution in [1.82, 2.24) is 10.3 Å². The second-order valence-corrected chi connectivity index (χ2v) is 12.2. The molecule has 3 aliphatic heterocycles. The smallest absolute Gasteiger partial charge is 0.314 e. The summed E-state index contributed by atoms with van der Waals surface area (Å²) in [7, 11) is 0. The minimum atomic E-state index is -1.20. The lowest BCUT2D eigenvalue weighted by Gasteiger charge is -2.45. The average molecular weight is 561 g/mol. The van der Waals surface area contributed by atoms with Crippen molar-refractivity contribution >= 4 is 44.7 Å². The summed E-state index contributed by atoms with van der Waals surface area (Å²) in [6.07, 6.45) is 2.75. The zero-order valence-electron chi connectivity index (χ0n) is 20.3. The van der Waals surface area contributed by atoms with Crippen LogP contribution in [0, 0.1) is 0 Å². The molecule has 1 N–H and O–H groups in total. The number of thioether (sulfide) groups is 1. The van der Waals surface area contributed by atoms with Crippen LogP contribution in [0.1, 0.15) is 55.5 Å². The summed E-state index contributed by atoms with van der Waals surface area (Å²) in [4.78, 5) is 13.6. The Morgan fingerprint density at radius 2 is 1.86 bits per heavy atom. The number of carbonyl (C=O) groups excluding carboxylic acids is 1. The first kappa shape index (κ1) is 23.4. The molecular weight excluding hydrogens is 534 g/mol. The maximum absolute atomic E-state index is 12.9. The van der Waals surface area contributed by atoms with Crippen molar-refractivity contribution in [3.05, 3.63) is 104 Å². The van der Waals surface area contributed by atoms with Gasteiger partial charge in [0.05, 0.1) is 16.7 Å². The fraction of sp³-hybridized carbons (Fsp3) is 0.241. The molecule has 3 heterocycles. The number of ether oxygens (including phenoxy) is 1. The highest BCUT2D eigenvalue weighted by Gasteiger charge is 2.58. The second kappa shape index (κ2) is 8.53. The molecule has 3 aromatic rings. The van der Waals surface area contributed by atoms with E-state index in [0.717, 1.165) is 37.5 Å². The molecule has 3 aromatic carbocycles. The molecule has 0 bridgehead atoms. The monoisotopic (exact) mass is 559 g/mol. The van der Waals surface area contributed by atoms with E-state index < -0.39 is 5.85 Å². The van der Waals surface area contributed by atoms with Crippen molar-refractivity contribution in [1.29, 1.82) is 0 Å². The highest BCUT2D eigenvalue weighted by atomic mass is 79.9. The minimum Gasteiger partial charge on any atom is -0.444 e. The van der Waals surface area contributed by atoms with E-state index in [0.29, 0.717) is 6.42 Å². The molecule has 1 fully saturated rings. The van der Waals surface area contributed by atoms with Gasteiger partial charge >= 0.3 is 5.85 Å². The third-order valence-corrected chi connectivity index (χ3v) is 8.21. The van der Waals surface area contributed by atoms with Crippen LogP contribution in [0.2, 0.25) is 0 Å². The first-order valence-electron chi connectivity index (χ1n) is 12.0. The molecule has 1 saturated heterocycles. The van der Waals surface area contributed by atoms with Crippen LogP contribution >= 0.6 is 27.7 Å². The van der Waals surface area contributed by atoms with E-state index in [1.165, 1.54) is 17.3 Å². The first-order valence-corrected chi connectivity index (χ1v) is 13.6. The standard InChI is InChI=1S/C29H26BrN3O2S/c1-28(2,3)20-11-9-18(10-12-20)15-26-29(31-27(34)36-26)33-24(22-16-21(30)13-14-25(22)35-29)17-23(32-33)19-7-5-4-6-8-19/h4-16,24H,17H2,1-3H3,(H,31,34)/b26-15-. The summed E-state index contributed by atoms with van der Waals surface area (Å²) in [5, 5.41) is 9.96. The lowest BCUT2D eigenvalue weighted by Crippen LogP contribution is -2.61. The molecule has 0 saturated carbocycles. The van der Waals surface area contributed by atoms with Crippen molar-refractivity contribution in [2.24, 2.45) is 5.10 Å². The van der Waals surface area contributed by atoms with Crippen LogP contribution in [0.3, 0.4) is 0 Å². The second-order valence-electron chi connectivity index (χ2n) is 10.3. The molecule has 1 amide bonds. The van der Waals surface area contributed by atoms with Gasteiger partial charge in [0.25, 0.3) is 5.24 Å².